The van der Waals surface area contributed by atoms with Crippen LogP contribution >= 0.6 is 24.0 Å². The molecule has 7 nitrogen and oxygen atoms in total. The van der Waals surface area contributed by atoms with E-state index in [1.807, 2.05) is 24.3 Å². The van der Waals surface area contributed by atoms with Crippen molar-refractivity contribution in [3.63, 3.8) is 0 Å². The summed E-state index contributed by atoms with van der Waals surface area (Å²) in [5.41, 5.74) is 2.12. The SMILES string of the molecule is CCC(CC)c1cc(CNC(=NC)NCc2ccc3c(c2)OCCCO3)on1.I. The number of guanidine groups is 1. The van der Waals surface area contributed by atoms with Crippen molar-refractivity contribution in [1.82, 2.24) is 15.8 Å². The first-order valence-corrected chi connectivity index (χ1v) is 10.0. The number of rotatable bonds is 7. The zero-order chi connectivity index (χ0) is 19.8. The quantitative estimate of drug-likeness (QED) is 0.327. The maximum Gasteiger partial charge on any atom is 0.191 e. The van der Waals surface area contributed by atoms with Crippen molar-refractivity contribution >= 4 is 29.9 Å². The number of nitrogens with one attached hydrogen (secondary N) is 2. The van der Waals surface area contributed by atoms with E-state index in [0.717, 1.165) is 47.8 Å². The highest BCUT2D eigenvalue weighted by molar-refractivity contribution is 14.0. The minimum atomic E-state index is 0. The van der Waals surface area contributed by atoms with Crippen LogP contribution in [0.1, 0.15) is 56.0 Å². The molecule has 0 radical (unpaired) electrons. The minimum absolute atomic E-state index is 0. The molecule has 160 valence electrons. The number of halogens is 1. The number of fused-ring (bicyclic) bond motifs is 1. The molecule has 2 aromatic rings. The van der Waals surface area contributed by atoms with Gasteiger partial charge in [0.2, 0.25) is 0 Å². The Morgan fingerprint density at radius 2 is 1.79 bits per heavy atom. The van der Waals surface area contributed by atoms with Gasteiger partial charge in [-0.05, 0) is 30.5 Å². The van der Waals surface area contributed by atoms with Crippen molar-refractivity contribution < 1.29 is 14.0 Å². The molecule has 2 N–H and O–H groups in total. The van der Waals surface area contributed by atoms with E-state index < -0.39 is 0 Å². The van der Waals surface area contributed by atoms with E-state index in [-0.39, 0.29) is 24.0 Å². The molecule has 0 unspecified atom stereocenters. The van der Waals surface area contributed by atoms with Crippen LogP contribution in [0.5, 0.6) is 11.5 Å². The van der Waals surface area contributed by atoms with Crippen molar-refractivity contribution in [2.75, 3.05) is 20.3 Å². The molecule has 3 rings (SSSR count). The highest BCUT2D eigenvalue weighted by Crippen LogP contribution is 2.30. The van der Waals surface area contributed by atoms with Gasteiger partial charge < -0.3 is 24.6 Å². The molecular weight excluding hydrogens is 483 g/mol. The summed E-state index contributed by atoms with van der Waals surface area (Å²) in [5.74, 6) is 3.57. The van der Waals surface area contributed by atoms with Gasteiger partial charge in [0.15, 0.2) is 23.2 Å². The molecule has 0 aliphatic carbocycles. The van der Waals surface area contributed by atoms with Crippen LogP contribution in [0.3, 0.4) is 0 Å². The van der Waals surface area contributed by atoms with Crippen molar-refractivity contribution in [1.29, 1.82) is 0 Å². The number of aliphatic imine (C=N–C) groups is 1. The van der Waals surface area contributed by atoms with E-state index in [4.69, 9.17) is 14.0 Å². The lowest BCUT2D eigenvalue weighted by Gasteiger charge is -2.12. The van der Waals surface area contributed by atoms with Gasteiger partial charge in [0.25, 0.3) is 0 Å². The van der Waals surface area contributed by atoms with Gasteiger partial charge in [0.1, 0.15) is 0 Å². The molecule has 0 saturated heterocycles. The minimum Gasteiger partial charge on any atom is -0.490 e. The Bertz CT molecular complexity index is 790. The van der Waals surface area contributed by atoms with Crippen LogP contribution in [-0.2, 0) is 13.1 Å². The van der Waals surface area contributed by atoms with Crippen LogP contribution in [0.25, 0.3) is 0 Å². The van der Waals surface area contributed by atoms with Gasteiger partial charge in [0.05, 0.1) is 25.5 Å². The van der Waals surface area contributed by atoms with Gasteiger partial charge in [-0.3, -0.25) is 4.99 Å². The maximum atomic E-state index is 5.75. The fraction of sp³-hybridized carbons (Fsp3) is 0.524. The monoisotopic (exact) mass is 514 g/mol. The van der Waals surface area contributed by atoms with E-state index in [1.165, 1.54) is 0 Å². The van der Waals surface area contributed by atoms with Gasteiger partial charge in [-0.1, -0.05) is 25.1 Å². The Morgan fingerprint density at radius 3 is 2.52 bits per heavy atom. The third kappa shape index (κ3) is 6.52. The van der Waals surface area contributed by atoms with Crippen molar-refractivity contribution in [2.45, 2.75) is 52.1 Å². The molecule has 0 saturated carbocycles. The first-order chi connectivity index (χ1) is 13.7. The highest BCUT2D eigenvalue weighted by Gasteiger charge is 2.13. The number of hydrogen-bond acceptors (Lipinski definition) is 5. The average molecular weight is 514 g/mol. The molecule has 1 aromatic carbocycles. The molecule has 0 spiro atoms. The second-order valence-electron chi connectivity index (χ2n) is 6.84. The summed E-state index contributed by atoms with van der Waals surface area (Å²) in [6, 6.07) is 8.04. The lowest BCUT2D eigenvalue weighted by molar-refractivity contribution is 0.297. The maximum absolute atomic E-state index is 5.75. The third-order valence-corrected chi connectivity index (χ3v) is 4.91. The molecule has 0 fully saturated rings. The van der Waals surface area contributed by atoms with Crippen LogP contribution in [0.2, 0.25) is 0 Å². The molecule has 1 aromatic heterocycles. The van der Waals surface area contributed by atoms with Crippen molar-refractivity contribution in [3.05, 3.63) is 41.3 Å². The summed E-state index contributed by atoms with van der Waals surface area (Å²) in [5, 5.41) is 10.8. The Balaban J connectivity index is 0.00000300. The first-order valence-electron chi connectivity index (χ1n) is 10.0. The van der Waals surface area contributed by atoms with E-state index in [1.54, 1.807) is 7.05 Å². The summed E-state index contributed by atoms with van der Waals surface area (Å²) in [6.07, 6.45) is 3.03. The van der Waals surface area contributed by atoms with Crippen LogP contribution in [0.4, 0.5) is 0 Å². The zero-order valence-corrected chi connectivity index (χ0v) is 19.7. The molecule has 2 heterocycles. The molecule has 0 bridgehead atoms. The predicted molar refractivity (Wildman–Crippen MR) is 124 cm³/mol. The average Bonchev–Trinajstić information content (AvgIpc) is 3.06. The standard InChI is InChI=1S/C21H30N4O3.HI/c1-4-16(5-2)18-12-17(28-25-18)14-24-21(22-3)23-13-15-7-8-19-20(11-15)27-10-6-9-26-19;/h7-8,11-12,16H,4-6,9-10,13-14H2,1-3H3,(H2,22,23,24);1H. The fourth-order valence-electron chi connectivity index (χ4n) is 3.21. The second-order valence-corrected chi connectivity index (χ2v) is 6.84. The second kappa shape index (κ2) is 11.9. The fourth-order valence-corrected chi connectivity index (χ4v) is 3.21. The Morgan fingerprint density at radius 1 is 1.07 bits per heavy atom. The molecule has 29 heavy (non-hydrogen) atoms. The van der Waals surface area contributed by atoms with Crippen LogP contribution in [0, 0.1) is 0 Å². The first kappa shape index (κ1) is 23.3. The normalized spacial score (nSPS) is 13.6. The third-order valence-electron chi connectivity index (χ3n) is 4.91. The molecule has 8 heteroatoms. The lowest BCUT2D eigenvalue weighted by atomic mass is 9.99. The van der Waals surface area contributed by atoms with Crippen LogP contribution in [-0.4, -0.2) is 31.4 Å². The largest absolute Gasteiger partial charge is 0.490 e. The summed E-state index contributed by atoms with van der Waals surface area (Å²) < 4.78 is 16.9. The number of hydrogen-bond donors (Lipinski definition) is 2. The summed E-state index contributed by atoms with van der Waals surface area (Å²) in [4.78, 5) is 4.27. The summed E-state index contributed by atoms with van der Waals surface area (Å²) in [7, 11) is 1.75. The van der Waals surface area contributed by atoms with Gasteiger partial charge in [-0.15, -0.1) is 24.0 Å². The van der Waals surface area contributed by atoms with Gasteiger partial charge in [0, 0.05) is 32.0 Å². The highest BCUT2D eigenvalue weighted by atomic mass is 127. The smallest absolute Gasteiger partial charge is 0.191 e. The molecular formula is C21H31IN4O3. The number of ether oxygens (including phenoxy) is 2. The number of benzene rings is 1. The van der Waals surface area contributed by atoms with Gasteiger partial charge in [-0.25, -0.2) is 0 Å². The molecule has 1 aliphatic rings. The lowest BCUT2D eigenvalue weighted by Crippen LogP contribution is -2.36. The van der Waals surface area contributed by atoms with E-state index in [9.17, 15) is 0 Å². The van der Waals surface area contributed by atoms with Gasteiger partial charge >= 0.3 is 0 Å². The Hall–Kier alpha value is -1.97. The Labute approximate surface area is 189 Å². The molecule has 0 atom stereocenters. The number of aromatic nitrogens is 1. The predicted octanol–water partition coefficient (Wildman–Crippen LogP) is 4.22. The van der Waals surface area contributed by atoms with Crippen LogP contribution in [0.15, 0.2) is 33.8 Å². The van der Waals surface area contributed by atoms with E-state index in [0.29, 0.717) is 38.2 Å². The topological polar surface area (TPSA) is 80.9 Å². The zero-order valence-electron chi connectivity index (χ0n) is 17.4. The van der Waals surface area contributed by atoms with Crippen molar-refractivity contribution in [3.8, 4) is 11.5 Å². The molecule has 0 amide bonds. The summed E-state index contributed by atoms with van der Waals surface area (Å²) >= 11 is 0. The van der Waals surface area contributed by atoms with E-state index in [2.05, 4.69) is 34.6 Å². The van der Waals surface area contributed by atoms with E-state index >= 15 is 0 Å². The Kier molecular flexibility index (Phi) is 9.56. The van der Waals surface area contributed by atoms with Crippen LogP contribution < -0.4 is 20.1 Å². The molecule has 1 aliphatic heterocycles. The summed E-state index contributed by atoms with van der Waals surface area (Å²) in [6.45, 7) is 6.89. The number of nitrogens with zero attached hydrogens (tertiary/aromatic N) is 2. The van der Waals surface area contributed by atoms with Crippen molar-refractivity contribution in [2.24, 2.45) is 4.99 Å². The van der Waals surface area contributed by atoms with Gasteiger partial charge in [-0.2, -0.15) is 0 Å².